The zero-order valence-electron chi connectivity index (χ0n) is 29.5. The number of benzene rings is 2. The minimum atomic E-state index is -0.348. The molecule has 3 atom stereocenters. The Hall–Kier alpha value is -4.81. The van der Waals surface area contributed by atoms with Crippen LogP contribution in [0.1, 0.15) is 88.8 Å². The van der Waals surface area contributed by atoms with Gasteiger partial charge in [0.25, 0.3) is 0 Å². The molecule has 1 aliphatic carbocycles. The molecule has 2 amide bonds. The van der Waals surface area contributed by atoms with Crippen molar-refractivity contribution in [3.63, 3.8) is 0 Å². The number of rotatable bonds is 9. The maximum atomic E-state index is 13.7. The minimum Gasteiger partial charge on any atom is -0.490 e. The summed E-state index contributed by atoms with van der Waals surface area (Å²) < 4.78 is 16.0. The van der Waals surface area contributed by atoms with Crippen LogP contribution in [-0.4, -0.2) is 61.3 Å². The van der Waals surface area contributed by atoms with Gasteiger partial charge in [-0.2, -0.15) is 5.10 Å². The van der Waals surface area contributed by atoms with E-state index in [-0.39, 0.29) is 36.8 Å². The smallest absolute Gasteiger partial charge is 0.320 e. The number of carbonyl (C=O) groups excluding carboxylic acids is 1. The molecule has 51 heavy (non-hydrogen) atoms. The van der Waals surface area contributed by atoms with Gasteiger partial charge in [-0.3, -0.25) is 9.72 Å². The summed E-state index contributed by atoms with van der Waals surface area (Å²) in [6.07, 6.45) is 6.73. The largest absolute Gasteiger partial charge is 0.490 e. The second kappa shape index (κ2) is 14.4. The number of aliphatic hydroxyl groups excluding tert-OH is 1. The van der Waals surface area contributed by atoms with E-state index in [1.165, 1.54) is 6.42 Å². The third-order valence-electron chi connectivity index (χ3n) is 9.66. The molecule has 0 saturated carbocycles. The highest BCUT2D eigenvalue weighted by Gasteiger charge is 2.31. The molecule has 3 N–H and O–H groups in total. The molecule has 1 aliphatic heterocycles. The van der Waals surface area contributed by atoms with E-state index >= 15 is 0 Å². The van der Waals surface area contributed by atoms with Crippen LogP contribution in [-0.2, 0) is 5.41 Å². The first-order valence-corrected chi connectivity index (χ1v) is 18.1. The molecule has 268 valence electrons. The SMILES string of the molecule is C[C@H]1CCCCN1c1nnc2ccc(O[C@@H]3CC[C@H](NC(=O)Nc4cc(C(C)(C)C)nn4-c4ccc(Cl)c(OCCO)c4)c4ccccc43)cn12. The van der Waals surface area contributed by atoms with Gasteiger partial charge in [0.15, 0.2) is 5.65 Å². The Labute approximate surface area is 302 Å². The number of carbonyl (C=O) groups is 1. The third-order valence-corrected chi connectivity index (χ3v) is 9.98. The van der Waals surface area contributed by atoms with Crippen LogP contribution in [0.25, 0.3) is 11.3 Å². The molecule has 1 saturated heterocycles. The van der Waals surface area contributed by atoms with Gasteiger partial charge in [0.2, 0.25) is 5.95 Å². The van der Waals surface area contributed by atoms with E-state index in [4.69, 9.17) is 26.2 Å². The van der Waals surface area contributed by atoms with Gasteiger partial charge in [-0.05, 0) is 74.4 Å². The van der Waals surface area contributed by atoms with Gasteiger partial charge in [-0.15, -0.1) is 10.2 Å². The van der Waals surface area contributed by atoms with Gasteiger partial charge in [-0.1, -0.05) is 56.6 Å². The lowest BCUT2D eigenvalue weighted by Crippen LogP contribution is -2.38. The summed E-state index contributed by atoms with van der Waals surface area (Å²) in [5, 5.41) is 29.7. The van der Waals surface area contributed by atoms with Crippen LogP contribution >= 0.6 is 11.6 Å². The summed E-state index contributed by atoms with van der Waals surface area (Å²) in [7, 11) is 0. The van der Waals surface area contributed by atoms with Crippen LogP contribution < -0.4 is 25.0 Å². The number of halogens is 1. The molecule has 0 spiro atoms. The third kappa shape index (κ3) is 7.34. The lowest BCUT2D eigenvalue weighted by Gasteiger charge is -2.33. The summed E-state index contributed by atoms with van der Waals surface area (Å²) in [5.74, 6) is 2.51. The Morgan fingerprint density at radius 1 is 1.02 bits per heavy atom. The number of urea groups is 1. The average Bonchev–Trinajstić information content (AvgIpc) is 3.74. The Balaban J connectivity index is 1.09. The highest BCUT2D eigenvalue weighted by atomic mass is 35.5. The number of pyridine rings is 1. The maximum Gasteiger partial charge on any atom is 0.320 e. The molecule has 0 unspecified atom stereocenters. The average molecular weight is 713 g/mol. The molecule has 1 fully saturated rings. The summed E-state index contributed by atoms with van der Waals surface area (Å²) in [4.78, 5) is 16.0. The summed E-state index contributed by atoms with van der Waals surface area (Å²) in [5.41, 5.74) is 4.03. The van der Waals surface area contributed by atoms with Crippen molar-refractivity contribution in [3.05, 3.63) is 88.7 Å². The Kier molecular flexibility index (Phi) is 9.80. The van der Waals surface area contributed by atoms with Gasteiger partial charge >= 0.3 is 6.03 Å². The zero-order valence-corrected chi connectivity index (χ0v) is 30.2. The van der Waals surface area contributed by atoms with Crippen LogP contribution in [0.5, 0.6) is 11.5 Å². The van der Waals surface area contributed by atoms with Gasteiger partial charge in [0.1, 0.15) is 30.0 Å². The predicted octanol–water partition coefficient (Wildman–Crippen LogP) is 7.39. The van der Waals surface area contributed by atoms with Crippen LogP contribution in [0.15, 0.2) is 66.9 Å². The van der Waals surface area contributed by atoms with E-state index in [9.17, 15) is 9.90 Å². The second-order valence-corrected chi connectivity index (χ2v) is 14.8. The minimum absolute atomic E-state index is 0.105. The summed E-state index contributed by atoms with van der Waals surface area (Å²) in [6.45, 7) is 9.37. The molecule has 0 radical (unpaired) electrons. The first kappa shape index (κ1) is 34.6. The highest BCUT2D eigenvalue weighted by Crippen LogP contribution is 2.39. The standard InChI is InChI=1S/C38H45ClN8O4/c1-24-9-7-8-18-45(24)37-43-42-34-17-13-26(23-46(34)37)51-31-16-15-30(27-10-5-6-11-28(27)31)40-36(49)41-35-22-33(38(2,3)4)44-47(35)25-12-14-29(39)32(21-25)50-20-19-48/h5-6,10-14,17,21-24,30-31,48H,7-9,15-16,18-20H2,1-4H3,(H2,40,41,49)/t24-,30-,31+/m0/s1. The number of aromatic nitrogens is 5. The number of piperidine rings is 1. The van der Waals surface area contributed by atoms with Crippen molar-refractivity contribution < 1.29 is 19.4 Å². The molecule has 0 bridgehead atoms. The van der Waals surface area contributed by atoms with Crippen molar-refractivity contribution >= 4 is 35.0 Å². The molecular formula is C38H45ClN8O4. The highest BCUT2D eigenvalue weighted by molar-refractivity contribution is 6.32. The number of hydrogen-bond donors (Lipinski definition) is 3. The van der Waals surface area contributed by atoms with Gasteiger partial charge in [0.05, 0.1) is 35.2 Å². The molecule has 5 aromatic rings. The fourth-order valence-corrected chi connectivity index (χ4v) is 7.11. The van der Waals surface area contributed by atoms with E-state index < -0.39 is 0 Å². The lowest BCUT2D eigenvalue weighted by molar-refractivity contribution is 0.171. The van der Waals surface area contributed by atoms with E-state index in [0.29, 0.717) is 41.2 Å². The molecule has 2 aliphatic rings. The van der Waals surface area contributed by atoms with Crippen LogP contribution in [0.2, 0.25) is 5.02 Å². The number of ether oxygens (including phenoxy) is 2. The van der Waals surface area contributed by atoms with Crippen LogP contribution in [0.4, 0.5) is 16.6 Å². The van der Waals surface area contributed by atoms with E-state index in [1.54, 1.807) is 16.8 Å². The number of anilines is 2. The fraction of sp³-hybridized carbons (Fsp3) is 0.421. The number of nitrogens with one attached hydrogen (secondary N) is 2. The zero-order chi connectivity index (χ0) is 35.7. The quantitative estimate of drug-likeness (QED) is 0.144. The number of hydrogen-bond acceptors (Lipinski definition) is 8. The molecule has 7 rings (SSSR count). The monoisotopic (exact) mass is 712 g/mol. The van der Waals surface area contributed by atoms with Gasteiger partial charge in [-0.25, -0.2) is 9.48 Å². The lowest BCUT2D eigenvalue weighted by atomic mass is 9.85. The van der Waals surface area contributed by atoms with Crippen molar-refractivity contribution in [2.45, 2.75) is 83.4 Å². The summed E-state index contributed by atoms with van der Waals surface area (Å²) in [6, 6.07) is 19.0. The Morgan fingerprint density at radius 2 is 1.84 bits per heavy atom. The van der Waals surface area contributed by atoms with E-state index in [0.717, 1.165) is 53.6 Å². The van der Waals surface area contributed by atoms with E-state index in [1.807, 2.05) is 47.0 Å². The summed E-state index contributed by atoms with van der Waals surface area (Å²) >= 11 is 6.35. The molecule has 2 aromatic carbocycles. The molecule has 4 heterocycles. The second-order valence-electron chi connectivity index (χ2n) is 14.4. The van der Waals surface area contributed by atoms with Crippen LogP contribution in [0.3, 0.4) is 0 Å². The van der Waals surface area contributed by atoms with Gasteiger partial charge in [0, 0.05) is 30.1 Å². The fourth-order valence-electron chi connectivity index (χ4n) is 6.94. The van der Waals surface area contributed by atoms with Crippen molar-refractivity contribution in [2.24, 2.45) is 0 Å². The van der Waals surface area contributed by atoms with E-state index in [2.05, 4.69) is 65.6 Å². The van der Waals surface area contributed by atoms with Gasteiger partial charge < -0.3 is 24.8 Å². The number of aliphatic hydroxyl groups is 1. The first-order valence-electron chi connectivity index (χ1n) is 17.7. The predicted molar refractivity (Wildman–Crippen MR) is 197 cm³/mol. The number of fused-ring (bicyclic) bond motifs is 2. The topological polar surface area (TPSA) is 131 Å². The first-order chi connectivity index (χ1) is 24.6. The molecule has 13 heteroatoms. The number of amides is 2. The number of nitrogens with zero attached hydrogens (tertiary/aromatic N) is 6. The van der Waals surface area contributed by atoms with Crippen molar-refractivity contribution in [1.82, 2.24) is 29.7 Å². The van der Waals surface area contributed by atoms with Crippen LogP contribution in [0, 0.1) is 0 Å². The Bertz CT molecular complexity index is 2020. The molecule has 3 aromatic heterocycles. The Morgan fingerprint density at radius 3 is 2.63 bits per heavy atom. The van der Waals surface area contributed by atoms with Crippen molar-refractivity contribution in [1.29, 1.82) is 0 Å². The maximum absolute atomic E-state index is 13.7. The normalized spacial score (nSPS) is 19.1. The van der Waals surface area contributed by atoms with Crippen molar-refractivity contribution in [3.8, 4) is 17.2 Å². The van der Waals surface area contributed by atoms with Crippen molar-refractivity contribution in [2.75, 3.05) is 30.0 Å². The molecular weight excluding hydrogens is 668 g/mol. The molecule has 12 nitrogen and oxygen atoms in total.